The summed E-state index contributed by atoms with van der Waals surface area (Å²) in [5, 5.41) is 3.70. The van der Waals surface area contributed by atoms with Crippen LogP contribution >= 0.6 is 11.8 Å². The van der Waals surface area contributed by atoms with Gasteiger partial charge >= 0.3 is 5.97 Å². The summed E-state index contributed by atoms with van der Waals surface area (Å²) in [6.45, 7) is 1.68. The molecule has 4 nitrogen and oxygen atoms in total. The van der Waals surface area contributed by atoms with Gasteiger partial charge < -0.3 is 14.8 Å². The van der Waals surface area contributed by atoms with Gasteiger partial charge in [0.05, 0.1) is 18.0 Å². The van der Waals surface area contributed by atoms with Crippen molar-refractivity contribution in [2.75, 3.05) is 26.0 Å². The van der Waals surface area contributed by atoms with E-state index in [2.05, 4.69) is 10.1 Å². The average Bonchev–Trinajstić information content (AvgIpc) is 2.89. The van der Waals surface area contributed by atoms with E-state index in [1.807, 2.05) is 11.8 Å². The average molecular weight is 253 g/mol. The van der Waals surface area contributed by atoms with Crippen LogP contribution in [-0.2, 0) is 4.74 Å². The van der Waals surface area contributed by atoms with Crippen molar-refractivity contribution in [1.82, 2.24) is 5.32 Å². The molecule has 0 spiro atoms. The lowest BCUT2D eigenvalue weighted by atomic mass is 10.2. The van der Waals surface area contributed by atoms with Crippen molar-refractivity contribution in [3.05, 3.63) is 29.8 Å². The molecule has 1 unspecified atom stereocenters. The van der Waals surface area contributed by atoms with Gasteiger partial charge in [-0.15, -0.1) is 11.8 Å². The van der Waals surface area contributed by atoms with E-state index < -0.39 is 0 Å². The lowest BCUT2D eigenvalue weighted by Gasteiger charge is -2.11. The Morgan fingerprint density at radius 2 is 2.24 bits per heavy atom. The van der Waals surface area contributed by atoms with Gasteiger partial charge in [0.15, 0.2) is 0 Å². The molecule has 17 heavy (non-hydrogen) atoms. The highest BCUT2D eigenvalue weighted by Crippen LogP contribution is 2.17. The molecule has 1 N–H and O–H groups in total. The molecule has 1 aliphatic rings. The number of methoxy groups -OCH3 is 1. The smallest absolute Gasteiger partial charge is 0.337 e. The topological polar surface area (TPSA) is 47.6 Å². The molecule has 1 aromatic carbocycles. The number of carbonyl (C=O) groups excluding carboxylic acids is 1. The van der Waals surface area contributed by atoms with Crippen LogP contribution in [0.3, 0.4) is 0 Å². The van der Waals surface area contributed by atoms with E-state index in [9.17, 15) is 4.79 Å². The summed E-state index contributed by atoms with van der Waals surface area (Å²) in [5.74, 6) is 1.58. The number of esters is 1. The fourth-order valence-electron chi connectivity index (χ4n) is 1.56. The second-order valence-corrected chi connectivity index (χ2v) is 4.95. The summed E-state index contributed by atoms with van der Waals surface area (Å²) in [7, 11) is 1.37. The quantitative estimate of drug-likeness (QED) is 0.824. The monoisotopic (exact) mass is 253 g/mol. The zero-order valence-electron chi connectivity index (χ0n) is 9.64. The molecule has 0 bridgehead atoms. The first kappa shape index (κ1) is 12.3. The predicted octanol–water partition coefficient (Wildman–Crippen LogP) is 1.51. The fourth-order valence-corrected chi connectivity index (χ4v) is 2.48. The molecule has 0 amide bonds. The first-order valence-corrected chi connectivity index (χ1v) is 6.50. The molecule has 92 valence electrons. The van der Waals surface area contributed by atoms with Crippen molar-refractivity contribution >= 4 is 17.7 Å². The predicted molar refractivity (Wildman–Crippen MR) is 67.5 cm³/mol. The summed E-state index contributed by atoms with van der Waals surface area (Å²) < 4.78 is 10.2. The lowest BCUT2D eigenvalue weighted by molar-refractivity contribution is 0.0600. The van der Waals surface area contributed by atoms with Gasteiger partial charge in [-0.25, -0.2) is 4.79 Å². The van der Waals surface area contributed by atoms with E-state index in [0.29, 0.717) is 17.5 Å². The summed E-state index contributed by atoms with van der Waals surface area (Å²) in [6.07, 6.45) is 0. The number of hydrogen-bond donors (Lipinski definition) is 1. The van der Waals surface area contributed by atoms with Gasteiger partial charge in [0.1, 0.15) is 12.4 Å². The number of rotatable bonds is 4. The molecule has 0 aromatic heterocycles. The maximum atomic E-state index is 11.2. The maximum Gasteiger partial charge on any atom is 0.337 e. The molecule has 1 heterocycles. The number of hydrogen-bond acceptors (Lipinski definition) is 5. The number of benzene rings is 1. The third kappa shape index (κ3) is 3.38. The highest BCUT2D eigenvalue weighted by molar-refractivity contribution is 8.00. The van der Waals surface area contributed by atoms with E-state index in [1.54, 1.807) is 24.3 Å². The Bertz CT molecular complexity index is 374. The van der Waals surface area contributed by atoms with Crippen LogP contribution in [0.25, 0.3) is 0 Å². The first-order valence-electron chi connectivity index (χ1n) is 5.46. The summed E-state index contributed by atoms with van der Waals surface area (Å²) in [6, 6.07) is 6.98. The van der Waals surface area contributed by atoms with Crippen LogP contribution in [0, 0.1) is 0 Å². The van der Waals surface area contributed by atoms with Gasteiger partial charge in [-0.1, -0.05) is 0 Å². The van der Waals surface area contributed by atoms with Crippen molar-refractivity contribution < 1.29 is 14.3 Å². The van der Waals surface area contributed by atoms with E-state index in [4.69, 9.17) is 4.74 Å². The van der Waals surface area contributed by atoms with E-state index >= 15 is 0 Å². The second-order valence-electron chi connectivity index (χ2n) is 3.64. The largest absolute Gasteiger partial charge is 0.491 e. The molecule has 2 rings (SSSR count). The van der Waals surface area contributed by atoms with Crippen LogP contribution in [0.4, 0.5) is 0 Å². The second kappa shape index (κ2) is 5.93. The fraction of sp³-hybridized carbons (Fsp3) is 0.417. The van der Waals surface area contributed by atoms with Crippen molar-refractivity contribution in [1.29, 1.82) is 0 Å². The molecule has 1 aliphatic heterocycles. The van der Waals surface area contributed by atoms with E-state index in [1.165, 1.54) is 7.11 Å². The molecule has 1 fully saturated rings. The molecule has 0 saturated carbocycles. The Morgan fingerprint density at radius 1 is 1.47 bits per heavy atom. The maximum absolute atomic E-state index is 11.2. The third-order valence-electron chi connectivity index (χ3n) is 2.47. The molecule has 1 saturated heterocycles. The molecule has 0 radical (unpaired) electrons. The number of nitrogens with one attached hydrogen (secondary N) is 1. The molecular formula is C12H15NO3S. The molecule has 5 heteroatoms. The SMILES string of the molecule is COC(=O)c1ccc(OCC2NCCS2)cc1. The zero-order chi connectivity index (χ0) is 12.1. The minimum absolute atomic E-state index is 0.329. The lowest BCUT2D eigenvalue weighted by Crippen LogP contribution is -2.26. The number of thioether (sulfide) groups is 1. The Labute approximate surface area is 105 Å². The van der Waals surface area contributed by atoms with Crippen LogP contribution in [0.5, 0.6) is 5.75 Å². The number of ether oxygens (including phenoxy) is 2. The van der Waals surface area contributed by atoms with Crippen molar-refractivity contribution in [2.45, 2.75) is 5.37 Å². The van der Waals surface area contributed by atoms with Gasteiger partial charge in [-0.2, -0.15) is 0 Å². The normalized spacial score (nSPS) is 19.0. The standard InChI is InChI=1S/C12H15NO3S/c1-15-12(14)9-2-4-10(5-3-9)16-8-11-13-6-7-17-11/h2-5,11,13H,6-8H2,1H3. The Balaban J connectivity index is 1.87. The number of carbonyl (C=O) groups is 1. The van der Waals surface area contributed by atoms with E-state index in [-0.39, 0.29) is 5.97 Å². The van der Waals surface area contributed by atoms with Crippen molar-refractivity contribution in [3.8, 4) is 5.75 Å². The molecule has 1 aromatic rings. The Hall–Kier alpha value is -1.20. The van der Waals surface area contributed by atoms with Crippen LogP contribution in [0.1, 0.15) is 10.4 Å². The third-order valence-corrected chi connectivity index (χ3v) is 3.61. The van der Waals surface area contributed by atoms with Gasteiger partial charge in [0.2, 0.25) is 0 Å². The van der Waals surface area contributed by atoms with E-state index in [0.717, 1.165) is 18.0 Å². The van der Waals surface area contributed by atoms with Crippen LogP contribution in [0.15, 0.2) is 24.3 Å². The van der Waals surface area contributed by atoms with Gasteiger partial charge in [-0.3, -0.25) is 0 Å². The summed E-state index contributed by atoms with van der Waals surface area (Å²) >= 11 is 1.86. The minimum Gasteiger partial charge on any atom is -0.491 e. The molecular weight excluding hydrogens is 238 g/mol. The summed E-state index contributed by atoms with van der Waals surface area (Å²) in [4.78, 5) is 11.2. The Morgan fingerprint density at radius 3 is 2.82 bits per heavy atom. The highest BCUT2D eigenvalue weighted by Gasteiger charge is 2.14. The van der Waals surface area contributed by atoms with Crippen LogP contribution in [0.2, 0.25) is 0 Å². The first-order chi connectivity index (χ1) is 8.29. The van der Waals surface area contributed by atoms with Gasteiger partial charge in [0.25, 0.3) is 0 Å². The summed E-state index contributed by atoms with van der Waals surface area (Å²) in [5.41, 5.74) is 0.535. The Kier molecular flexibility index (Phi) is 4.28. The van der Waals surface area contributed by atoms with Crippen molar-refractivity contribution in [2.24, 2.45) is 0 Å². The van der Waals surface area contributed by atoms with Crippen molar-refractivity contribution in [3.63, 3.8) is 0 Å². The molecule has 0 aliphatic carbocycles. The highest BCUT2D eigenvalue weighted by atomic mass is 32.2. The van der Waals surface area contributed by atoms with Gasteiger partial charge in [-0.05, 0) is 24.3 Å². The van der Waals surface area contributed by atoms with Crippen LogP contribution < -0.4 is 10.1 Å². The molecule has 1 atom stereocenters. The van der Waals surface area contributed by atoms with Gasteiger partial charge in [0, 0.05) is 12.3 Å². The minimum atomic E-state index is -0.329. The van der Waals surface area contributed by atoms with Crippen LogP contribution in [-0.4, -0.2) is 37.4 Å². The zero-order valence-corrected chi connectivity index (χ0v) is 10.5.